The van der Waals surface area contributed by atoms with Crippen LogP contribution in [0.2, 0.25) is 0 Å². The summed E-state index contributed by atoms with van der Waals surface area (Å²) in [6.07, 6.45) is 5.62. The Morgan fingerprint density at radius 2 is 2.07 bits per heavy atom. The molecule has 0 unspecified atom stereocenters. The summed E-state index contributed by atoms with van der Waals surface area (Å²) >= 11 is 0. The zero-order chi connectivity index (χ0) is 10.7. The van der Waals surface area contributed by atoms with Crippen molar-refractivity contribution in [2.45, 2.75) is 25.7 Å². The average Bonchev–Trinajstić information content (AvgIpc) is 2.26. The van der Waals surface area contributed by atoms with E-state index in [1.807, 2.05) is 6.07 Å². The van der Waals surface area contributed by atoms with Gasteiger partial charge in [-0.3, -0.25) is 4.79 Å². The molecule has 78 valence electrons. The molecule has 0 aromatic heterocycles. The fourth-order valence-corrected chi connectivity index (χ4v) is 1.97. The molecule has 0 saturated carbocycles. The van der Waals surface area contributed by atoms with Crippen LogP contribution in [0.5, 0.6) is 0 Å². The lowest BCUT2D eigenvalue weighted by atomic mass is 9.90. The molecule has 0 spiro atoms. The van der Waals surface area contributed by atoms with Crippen LogP contribution >= 0.6 is 0 Å². The van der Waals surface area contributed by atoms with Gasteiger partial charge in [0.2, 0.25) is 5.91 Å². The fourth-order valence-electron chi connectivity index (χ4n) is 1.97. The highest BCUT2D eigenvalue weighted by atomic mass is 16.1. The zero-order valence-electron chi connectivity index (χ0n) is 8.70. The Balaban J connectivity index is 2.11. The average molecular weight is 201 g/mol. The number of carbonyl (C=O) groups is 1. The minimum absolute atomic E-state index is 0.213. The maximum Gasteiger partial charge on any atom is 0.217 e. The van der Waals surface area contributed by atoms with Crippen molar-refractivity contribution in [1.29, 1.82) is 0 Å². The molecule has 15 heavy (non-hydrogen) atoms. The van der Waals surface area contributed by atoms with Crippen LogP contribution in [0.25, 0.3) is 6.08 Å². The molecule has 2 heteroatoms. The smallest absolute Gasteiger partial charge is 0.217 e. The number of hydrogen-bond acceptors (Lipinski definition) is 1. The summed E-state index contributed by atoms with van der Waals surface area (Å²) in [5.41, 5.74) is 9.18. The van der Waals surface area contributed by atoms with E-state index in [2.05, 4.69) is 24.3 Å². The molecule has 0 saturated heterocycles. The molecule has 1 aromatic carbocycles. The molecule has 0 atom stereocenters. The van der Waals surface area contributed by atoms with Crippen molar-refractivity contribution >= 4 is 12.0 Å². The van der Waals surface area contributed by atoms with Crippen LogP contribution < -0.4 is 5.73 Å². The molecular weight excluding hydrogens is 186 g/mol. The third-order valence-corrected chi connectivity index (χ3v) is 2.82. The van der Waals surface area contributed by atoms with Gasteiger partial charge in [-0.15, -0.1) is 0 Å². The number of fused-ring (bicyclic) bond motifs is 1. The Kier molecular flexibility index (Phi) is 2.86. The standard InChI is InChI=1S/C13H15NO/c14-13(15)8-6-10-5-7-11-3-1-2-4-12(11)9-10/h1-4,9H,5-8H2,(H2,14,15). The Morgan fingerprint density at radius 1 is 1.27 bits per heavy atom. The summed E-state index contributed by atoms with van der Waals surface area (Å²) in [4.78, 5) is 10.7. The van der Waals surface area contributed by atoms with Gasteiger partial charge in [-0.25, -0.2) is 0 Å². The first-order valence-electron chi connectivity index (χ1n) is 5.31. The van der Waals surface area contributed by atoms with E-state index < -0.39 is 0 Å². The lowest BCUT2D eigenvalue weighted by Crippen LogP contribution is -2.10. The van der Waals surface area contributed by atoms with Gasteiger partial charge in [0.1, 0.15) is 0 Å². The number of carbonyl (C=O) groups excluding carboxylic acids is 1. The second-order valence-corrected chi connectivity index (χ2v) is 3.97. The highest BCUT2D eigenvalue weighted by Gasteiger charge is 2.09. The molecular formula is C13H15NO. The predicted molar refractivity (Wildman–Crippen MR) is 61.2 cm³/mol. The first-order valence-corrected chi connectivity index (χ1v) is 5.31. The van der Waals surface area contributed by atoms with Crippen molar-refractivity contribution in [3.8, 4) is 0 Å². The monoisotopic (exact) mass is 201 g/mol. The van der Waals surface area contributed by atoms with Crippen molar-refractivity contribution in [3.63, 3.8) is 0 Å². The number of benzene rings is 1. The van der Waals surface area contributed by atoms with E-state index in [0.717, 1.165) is 19.3 Å². The van der Waals surface area contributed by atoms with E-state index in [9.17, 15) is 4.79 Å². The second kappa shape index (κ2) is 4.30. The van der Waals surface area contributed by atoms with E-state index in [-0.39, 0.29) is 5.91 Å². The van der Waals surface area contributed by atoms with Crippen LogP contribution in [-0.4, -0.2) is 5.91 Å². The second-order valence-electron chi connectivity index (χ2n) is 3.97. The van der Waals surface area contributed by atoms with E-state index in [1.165, 1.54) is 16.7 Å². The van der Waals surface area contributed by atoms with E-state index in [4.69, 9.17) is 5.73 Å². The molecule has 1 amide bonds. The van der Waals surface area contributed by atoms with Crippen LogP contribution in [0.1, 0.15) is 30.4 Å². The van der Waals surface area contributed by atoms with Gasteiger partial charge < -0.3 is 5.73 Å². The maximum atomic E-state index is 10.7. The molecule has 2 rings (SSSR count). The summed E-state index contributed by atoms with van der Waals surface area (Å²) < 4.78 is 0. The van der Waals surface area contributed by atoms with Crippen molar-refractivity contribution < 1.29 is 4.79 Å². The number of nitrogens with two attached hydrogens (primary N) is 1. The Labute approximate surface area is 89.8 Å². The number of allylic oxidation sites excluding steroid dienone is 1. The molecule has 0 radical (unpaired) electrons. The van der Waals surface area contributed by atoms with Gasteiger partial charge >= 0.3 is 0 Å². The normalized spacial score (nSPS) is 14.3. The minimum Gasteiger partial charge on any atom is -0.370 e. The van der Waals surface area contributed by atoms with Crippen LogP contribution in [0, 0.1) is 0 Å². The summed E-state index contributed by atoms with van der Waals surface area (Å²) in [6, 6.07) is 8.41. The van der Waals surface area contributed by atoms with Crippen molar-refractivity contribution in [3.05, 3.63) is 41.0 Å². The summed E-state index contributed by atoms with van der Waals surface area (Å²) in [7, 11) is 0. The van der Waals surface area contributed by atoms with Gasteiger partial charge in [-0.1, -0.05) is 35.9 Å². The molecule has 1 aliphatic rings. The Morgan fingerprint density at radius 3 is 2.87 bits per heavy atom. The van der Waals surface area contributed by atoms with E-state index in [1.54, 1.807) is 0 Å². The van der Waals surface area contributed by atoms with E-state index in [0.29, 0.717) is 6.42 Å². The molecule has 0 aliphatic heterocycles. The predicted octanol–water partition coefficient (Wildman–Crippen LogP) is 2.28. The van der Waals surface area contributed by atoms with Gasteiger partial charge in [0.05, 0.1) is 0 Å². The van der Waals surface area contributed by atoms with Gasteiger partial charge in [0, 0.05) is 6.42 Å². The highest BCUT2D eigenvalue weighted by Crippen LogP contribution is 2.25. The van der Waals surface area contributed by atoms with Crippen LogP contribution in [-0.2, 0) is 11.2 Å². The van der Waals surface area contributed by atoms with E-state index >= 15 is 0 Å². The quantitative estimate of drug-likeness (QED) is 0.801. The Bertz CT molecular complexity index is 407. The summed E-state index contributed by atoms with van der Waals surface area (Å²) in [5.74, 6) is -0.213. The topological polar surface area (TPSA) is 43.1 Å². The van der Waals surface area contributed by atoms with Crippen LogP contribution in [0.3, 0.4) is 0 Å². The molecule has 0 bridgehead atoms. The number of primary amides is 1. The molecule has 1 aliphatic carbocycles. The fraction of sp³-hybridized carbons (Fsp3) is 0.308. The largest absolute Gasteiger partial charge is 0.370 e. The third kappa shape index (κ3) is 2.46. The van der Waals surface area contributed by atoms with Gasteiger partial charge in [-0.2, -0.15) is 0 Å². The number of hydrogen-bond donors (Lipinski definition) is 1. The van der Waals surface area contributed by atoms with Gasteiger partial charge in [0.25, 0.3) is 0 Å². The highest BCUT2D eigenvalue weighted by molar-refractivity contribution is 5.74. The maximum absolute atomic E-state index is 10.7. The first-order chi connectivity index (χ1) is 7.25. The molecule has 0 fully saturated rings. The summed E-state index contributed by atoms with van der Waals surface area (Å²) in [5, 5.41) is 0. The summed E-state index contributed by atoms with van der Waals surface area (Å²) in [6.45, 7) is 0. The third-order valence-electron chi connectivity index (χ3n) is 2.82. The SMILES string of the molecule is NC(=O)CCC1=Cc2ccccc2CC1. The first kappa shape index (κ1) is 9.97. The Hall–Kier alpha value is -1.57. The lowest BCUT2D eigenvalue weighted by molar-refractivity contribution is -0.117. The van der Waals surface area contributed by atoms with Crippen LogP contribution in [0.15, 0.2) is 29.8 Å². The van der Waals surface area contributed by atoms with Crippen molar-refractivity contribution in [1.82, 2.24) is 0 Å². The van der Waals surface area contributed by atoms with Crippen molar-refractivity contribution in [2.24, 2.45) is 5.73 Å². The lowest BCUT2D eigenvalue weighted by Gasteiger charge is -2.15. The zero-order valence-corrected chi connectivity index (χ0v) is 8.70. The van der Waals surface area contributed by atoms with Crippen molar-refractivity contribution in [2.75, 3.05) is 0 Å². The molecule has 2 nitrogen and oxygen atoms in total. The molecule has 1 aromatic rings. The molecule has 0 heterocycles. The number of rotatable bonds is 3. The molecule has 2 N–H and O–H groups in total. The number of aryl methyl sites for hydroxylation is 1. The van der Waals surface area contributed by atoms with Gasteiger partial charge in [-0.05, 0) is 30.4 Å². The minimum atomic E-state index is -0.213. The van der Waals surface area contributed by atoms with Crippen LogP contribution in [0.4, 0.5) is 0 Å². The number of amides is 1. The van der Waals surface area contributed by atoms with Gasteiger partial charge in [0.15, 0.2) is 0 Å².